The summed E-state index contributed by atoms with van der Waals surface area (Å²) in [4.78, 5) is 24.5. The van der Waals surface area contributed by atoms with Gasteiger partial charge in [-0.25, -0.2) is 14.3 Å². The lowest BCUT2D eigenvalue weighted by Crippen LogP contribution is -2.42. The van der Waals surface area contributed by atoms with E-state index in [0.717, 1.165) is 44.9 Å². The highest BCUT2D eigenvalue weighted by atomic mass is 16.5. The number of ether oxygens (including phenoxy) is 1. The molecule has 1 amide bonds. The second-order valence-corrected chi connectivity index (χ2v) is 9.07. The molecule has 4 aromatic rings. The summed E-state index contributed by atoms with van der Waals surface area (Å²) >= 11 is 0. The number of carbonyl (C=O) groups excluding carboxylic acids is 1. The molecule has 2 N–H and O–H groups in total. The van der Waals surface area contributed by atoms with Crippen LogP contribution in [0.4, 0.5) is 4.79 Å². The largest absolute Gasteiger partial charge is 0.480 e. The Balaban J connectivity index is 1.23. The van der Waals surface area contributed by atoms with Gasteiger partial charge in [0.15, 0.2) is 0 Å². The lowest BCUT2D eigenvalue weighted by Gasteiger charge is -2.18. The molecule has 7 nitrogen and oxygen atoms in total. The standard InChI is InChI=1S/C29H27N3O4/c1-18-15-19(2)32(31-18)21-13-11-20(12-14-21)16-27(28(33)34)30-29(35)36-17-26-24-9-5-3-7-22(24)23-8-4-6-10-25(23)26/h3-15,26-27H,16-17H2,1-2H3,(H,30,35)(H,33,34). The van der Waals surface area contributed by atoms with E-state index in [1.54, 1.807) is 0 Å². The van der Waals surface area contributed by atoms with Gasteiger partial charge in [0.05, 0.1) is 11.4 Å². The van der Waals surface area contributed by atoms with Crippen LogP contribution in [-0.4, -0.2) is 39.6 Å². The van der Waals surface area contributed by atoms with E-state index in [-0.39, 0.29) is 18.9 Å². The van der Waals surface area contributed by atoms with E-state index in [0.29, 0.717) is 0 Å². The van der Waals surface area contributed by atoms with Gasteiger partial charge in [0.25, 0.3) is 0 Å². The number of hydrogen-bond acceptors (Lipinski definition) is 4. The Bertz CT molecular complexity index is 1380. The molecule has 0 bridgehead atoms. The molecule has 0 aliphatic heterocycles. The number of hydrogen-bond donors (Lipinski definition) is 2. The van der Waals surface area contributed by atoms with E-state index < -0.39 is 18.1 Å². The number of fused-ring (bicyclic) bond motifs is 3. The van der Waals surface area contributed by atoms with Gasteiger partial charge in [-0.1, -0.05) is 60.7 Å². The van der Waals surface area contributed by atoms with Gasteiger partial charge in [-0.15, -0.1) is 0 Å². The van der Waals surface area contributed by atoms with Gasteiger partial charge in [-0.05, 0) is 59.9 Å². The quantitative estimate of drug-likeness (QED) is 0.386. The zero-order valence-corrected chi connectivity index (χ0v) is 20.1. The van der Waals surface area contributed by atoms with Crippen molar-refractivity contribution in [1.29, 1.82) is 0 Å². The lowest BCUT2D eigenvalue weighted by molar-refractivity contribution is -0.139. The van der Waals surface area contributed by atoms with Crippen LogP contribution in [0, 0.1) is 13.8 Å². The highest BCUT2D eigenvalue weighted by molar-refractivity contribution is 5.81. The lowest BCUT2D eigenvalue weighted by atomic mass is 9.98. The average molecular weight is 482 g/mol. The first-order valence-corrected chi connectivity index (χ1v) is 11.9. The molecular weight excluding hydrogens is 454 g/mol. The second kappa shape index (κ2) is 9.70. The van der Waals surface area contributed by atoms with Crippen LogP contribution in [0.15, 0.2) is 78.9 Å². The van der Waals surface area contributed by atoms with Crippen molar-refractivity contribution in [3.05, 3.63) is 107 Å². The summed E-state index contributed by atoms with van der Waals surface area (Å²) in [6.07, 6.45) is -0.611. The van der Waals surface area contributed by atoms with E-state index in [1.165, 1.54) is 0 Å². The minimum atomic E-state index is -1.12. The van der Waals surface area contributed by atoms with E-state index in [2.05, 4.69) is 22.5 Å². The fourth-order valence-electron chi connectivity index (χ4n) is 4.88. The molecule has 1 unspecified atom stereocenters. The van der Waals surface area contributed by atoms with Crippen molar-refractivity contribution in [2.45, 2.75) is 32.2 Å². The number of carbonyl (C=O) groups is 2. The van der Waals surface area contributed by atoms with E-state index in [1.807, 2.05) is 85.3 Å². The molecule has 36 heavy (non-hydrogen) atoms. The normalized spacial score (nSPS) is 13.1. The number of carboxylic acids is 1. The van der Waals surface area contributed by atoms with Crippen LogP contribution in [-0.2, 0) is 16.0 Å². The number of rotatable bonds is 7. The number of aliphatic carboxylic acids is 1. The topological polar surface area (TPSA) is 93.5 Å². The number of aromatic nitrogens is 2. The van der Waals surface area contributed by atoms with Crippen LogP contribution in [0.3, 0.4) is 0 Å². The molecule has 1 aromatic heterocycles. The molecule has 7 heteroatoms. The predicted octanol–water partition coefficient (Wildman–Crippen LogP) is 5.02. The third-order valence-electron chi connectivity index (χ3n) is 6.56. The number of alkyl carbamates (subject to hydrolysis) is 1. The summed E-state index contributed by atoms with van der Waals surface area (Å²) in [6.45, 7) is 4.04. The Hall–Kier alpha value is -4.39. The molecule has 0 radical (unpaired) electrons. The maximum atomic E-state index is 12.6. The van der Waals surface area contributed by atoms with E-state index >= 15 is 0 Å². The van der Waals surface area contributed by atoms with Gasteiger partial charge in [0.1, 0.15) is 12.6 Å². The highest BCUT2D eigenvalue weighted by Crippen LogP contribution is 2.44. The number of carboxylic acid groups (broad SMARTS) is 1. The maximum absolute atomic E-state index is 12.6. The number of benzene rings is 3. The average Bonchev–Trinajstić information content (AvgIpc) is 3.38. The van der Waals surface area contributed by atoms with Crippen LogP contribution in [0.2, 0.25) is 0 Å². The summed E-state index contributed by atoms with van der Waals surface area (Å²) in [6, 6.07) is 24.5. The molecule has 1 aliphatic rings. The van der Waals surface area contributed by atoms with Crippen molar-refractivity contribution in [2.75, 3.05) is 6.61 Å². The molecule has 0 saturated heterocycles. The van der Waals surface area contributed by atoms with Gasteiger partial charge in [0.2, 0.25) is 0 Å². The maximum Gasteiger partial charge on any atom is 0.407 e. The molecule has 1 atom stereocenters. The summed E-state index contributed by atoms with van der Waals surface area (Å²) in [5.41, 5.74) is 8.08. The molecule has 0 fully saturated rings. The molecule has 182 valence electrons. The van der Waals surface area contributed by atoms with Crippen molar-refractivity contribution in [3.8, 4) is 16.8 Å². The Kier molecular flexibility index (Phi) is 6.29. The number of aryl methyl sites for hydroxylation is 2. The second-order valence-electron chi connectivity index (χ2n) is 9.07. The SMILES string of the molecule is Cc1cc(C)n(-c2ccc(CC(NC(=O)OCC3c4ccccc4-c4ccccc43)C(=O)O)cc2)n1. The summed E-state index contributed by atoms with van der Waals surface area (Å²) in [7, 11) is 0. The molecule has 1 heterocycles. The van der Waals surface area contributed by atoms with Crippen LogP contribution in [0.25, 0.3) is 16.8 Å². The molecule has 0 saturated carbocycles. The molecular formula is C29H27N3O4. The first-order valence-electron chi connectivity index (χ1n) is 11.9. The van der Waals surface area contributed by atoms with Crippen molar-refractivity contribution in [1.82, 2.24) is 15.1 Å². The van der Waals surface area contributed by atoms with Gasteiger partial charge in [-0.3, -0.25) is 0 Å². The van der Waals surface area contributed by atoms with Crippen molar-refractivity contribution < 1.29 is 19.4 Å². The summed E-state index contributed by atoms with van der Waals surface area (Å²) in [5, 5.41) is 16.7. The van der Waals surface area contributed by atoms with Crippen molar-refractivity contribution >= 4 is 12.1 Å². The molecule has 5 rings (SSSR count). The van der Waals surface area contributed by atoms with E-state index in [9.17, 15) is 14.7 Å². The minimum Gasteiger partial charge on any atom is -0.480 e. The molecule has 1 aliphatic carbocycles. The minimum absolute atomic E-state index is 0.0895. The van der Waals surface area contributed by atoms with Crippen molar-refractivity contribution in [3.63, 3.8) is 0 Å². The first-order chi connectivity index (χ1) is 17.4. The Labute approximate surface area is 209 Å². The zero-order chi connectivity index (χ0) is 25.2. The van der Waals surface area contributed by atoms with Crippen LogP contribution >= 0.6 is 0 Å². The summed E-state index contributed by atoms with van der Waals surface area (Å²) < 4.78 is 7.36. The third kappa shape index (κ3) is 4.60. The monoisotopic (exact) mass is 481 g/mol. The van der Waals surface area contributed by atoms with Crippen LogP contribution in [0.1, 0.15) is 34.0 Å². The van der Waals surface area contributed by atoms with Crippen LogP contribution < -0.4 is 5.32 Å². The van der Waals surface area contributed by atoms with E-state index in [4.69, 9.17) is 4.74 Å². The molecule has 3 aromatic carbocycles. The number of amides is 1. The molecule has 0 spiro atoms. The van der Waals surface area contributed by atoms with Gasteiger partial charge >= 0.3 is 12.1 Å². The van der Waals surface area contributed by atoms with Crippen molar-refractivity contribution in [2.24, 2.45) is 0 Å². The smallest absolute Gasteiger partial charge is 0.407 e. The van der Waals surface area contributed by atoms with Crippen LogP contribution in [0.5, 0.6) is 0 Å². The first kappa shape index (κ1) is 23.4. The van der Waals surface area contributed by atoms with Gasteiger partial charge in [-0.2, -0.15) is 5.10 Å². The number of nitrogens with one attached hydrogen (secondary N) is 1. The Morgan fingerprint density at radius 2 is 1.58 bits per heavy atom. The number of nitrogens with zero attached hydrogens (tertiary/aromatic N) is 2. The fourth-order valence-corrected chi connectivity index (χ4v) is 4.88. The predicted molar refractivity (Wildman–Crippen MR) is 136 cm³/mol. The highest BCUT2D eigenvalue weighted by Gasteiger charge is 2.29. The zero-order valence-electron chi connectivity index (χ0n) is 20.1. The third-order valence-corrected chi connectivity index (χ3v) is 6.56. The Morgan fingerprint density at radius 3 is 2.14 bits per heavy atom. The summed E-state index contributed by atoms with van der Waals surface area (Å²) in [5.74, 6) is -1.21. The fraction of sp³-hybridized carbons (Fsp3) is 0.207. The van der Waals surface area contributed by atoms with Gasteiger partial charge in [0, 0.05) is 18.0 Å². The Morgan fingerprint density at radius 1 is 0.972 bits per heavy atom. The van der Waals surface area contributed by atoms with Gasteiger partial charge < -0.3 is 15.2 Å².